The molecular formula is C22H24N2. The van der Waals surface area contributed by atoms with E-state index < -0.39 is 0 Å². The van der Waals surface area contributed by atoms with Crippen molar-refractivity contribution in [2.45, 2.75) is 25.9 Å². The molecule has 0 spiro atoms. The molecule has 1 atom stereocenters. The van der Waals surface area contributed by atoms with Gasteiger partial charge in [0.15, 0.2) is 0 Å². The lowest BCUT2D eigenvalue weighted by Crippen LogP contribution is -2.33. The standard InChI is InChI=1S/C22H24N2/c1-16(21-9-5-7-18-6-3-4-8-22(18)21)24-13-12-17-10-11-20(23-2)14-19(17)15-24/h3-11,14,16,23H,12-13,15H2,1-2H3. The van der Waals surface area contributed by atoms with Gasteiger partial charge in [0.25, 0.3) is 0 Å². The van der Waals surface area contributed by atoms with Gasteiger partial charge in [0, 0.05) is 31.9 Å². The highest BCUT2D eigenvalue weighted by Gasteiger charge is 2.22. The van der Waals surface area contributed by atoms with Crippen molar-refractivity contribution in [3.63, 3.8) is 0 Å². The summed E-state index contributed by atoms with van der Waals surface area (Å²) in [6.45, 7) is 4.49. The Morgan fingerprint density at radius 2 is 1.79 bits per heavy atom. The Labute approximate surface area is 144 Å². The van der Waals surface area contributed by atoms with E-state index >= 15 is 0 Å². The van der Waals surface area contributed by atoms with Crippen LogP contribution in [0.2, 0.25) is 0 Å². The monoisotopic (exact) mass is 316 g/mol. The van der Waals surface area contributed by atoms with Crippen LogP contribution in [0.15, 0.2) is 60.7 Å². The van der Waals surface area contributed by atoms with Crippen molar-refractivity contribution in [3.8, 4) is 0 Å². The zero-order valence-electron chi connectivity index (χ0n) is 14.4. The fourth-order valence-electron chi connectivity index (χ4n) is 3.88. The maximum Gasteiger partial charge on any atom is 0.0341 e. The van der Waals surface area contributed by atoms with Crippen molar-refractivity contribution < 1.29 is 0 Å². The van der Waals surface area contributed by atoms with Crippen LogP contribution in [0.5, 0.6) is 0 Å². The summed E-state index contributed by atoms with van der Waals surface area (Å²) >= 11 is 0. The lowest BCUT2D eigenvalue weighted by molar-refractivity contribution is 0.193. The van der Waals surface area contributed by atoms with Crippen LogP contribution in [-0.2, 0) is 13.0 Å². The number of hydrogen-bond donors (Lipinski definition) is 1. The van der Waals surface area contributed by atoms with E-state index in [0.717, 1.165) is 19.5 Å². The highest BCUT2D eigenvalue weighted by molar-refractivity contribution is 5.86. The van der Waals surface area contributed by atoms with E-state index in [1.807, 2.05) is 7.05 Å². The fraction of sp³-hybridized carbons (Fsp3) is 0.273. The van der Waals surface area contributed by atoms with Crippen LogP contribution in [-0.4, -0.2) is 18.5 Å². The first-order chi connectivity index (χ1) is 11.8. The molecule has 0 aliphatic carbocycles. The topological polar surface area (TPSA) is 15.3 Å². The molecule has 1 N–H and O–H groups in total. The summed E-state index contributed by atoms with van der Waals surface area (Å²) in [6, 6.07) is 22.6. The van der Waals surface area contributed by atoms with Crippen molar-refractivity contribution in [2.75, 3.05) is 18.9 Å². The van der Waals surface area contributed by atoms with Crippen LogP contribution in [0.4, 0.5) is 5.69 Å². The Balaban J connectivity index is 1.66. The van der Waals surface area contributed by atoms with Crippen LogP contribution < -0.4 is 5.32 Å². The molecule has 1 aliphatic rings. The number of nitrogens with one attached hydrogen (secondary N) is 1. The molecule has 0 saturated carbocycles. The maximum atomic E-state index is 3.26. The first kappa shape index (κ1) is 15.2. The molecule has 122 valence electrons. The Kier molecular flexibility index (Phi) is 3.99. The number of anilines is 1. The van der Waals surface area contributed by atoms with Gasteiger partial charge in [-0.3, -0.25) is 4.90 Å². The summed E-state index contributed by atoms with van der Waals surface area (Å²) in [5, 5.41) is 5.97. The Hall–Kier alpha value is -2.32. The van der Waals surface area contributed by atoms with Gasteiger partial charge in [-0.1, -0.05) is 48.5 Å². The molecule has 0 radical (unpaired) electrons. The minimum Gasteiger partial charge on any atom is -0.388 e. The van der Waals surface area contributed by atoms with E-state index in [1.165, 1.54) is 33.2 Å². The van der Waals surface area contributed by atoms with Crippen LogP contribution in [0, 0.1) is 0 Å². The summed E-state index contributed by atoms with van der Waals surface area (Å²) in [6.07, 6.45) is 1.13. The predicted molar refractivity (Wildman–Crippen MR) is 102 cm³/mol. The molecule has 2 nitrogen and oxygen atoms in total. The van der Waals surface area contributed by atoms with Gasteiger partial charge < -0.3 is 5.32 Å². The van der Waals surface area contributed by atoms with Crippen LogP contribution in [0.1, 0.15) is 29.7 Å². The molecule has 1 unspecified atom stereocenters. The van der Waals surface area contributed by atoms with Crippen LogP contribution >= 0.6 is 0 Å². The minimum atomic E-state index is 0.419. The number of rotatable bonds is 3. The second-order valence-electron chi connectivity index (χ2n) is 6.70. The second-order valence-corrected chi connectivity index (χ2v) is 6.70. The summed E-state index contributed by atoms with van der Waals surface area (Å²) in [7, 11) is 1.99. The van der Waals surface area contributed by atoms with E-state index in [4.69, 9.17) is 0 Å². The zero-order valence-corrected chi connectivity index (χ0v) is 14.4. The molecule has 0 aromatic heterocycles. The summed E-state index contributed by atoms with van der Waals surface area (Å²) in [5.41, 5.74) is 5.59. The van der Waals surface area contributed by atoms with E-state index in [-0.39, 0.29) is 0 Å². The van der Waals surface area contributed by atoms with Gasteiger partial charge in [-0.15, -0.1) is 0 Å². The van der Waals surface area contributed by atoms with E-state index in [1.54, 1.807) is 0 Å². The molecule has 1 aliphatic heterocycles. The average molecular weight is 316 g/mol. The minimum absolute atomic E-state index is 0.419. The second kappa shape index (κ2) is 6.29. The lowest BCUT2D eigenvalue weighted by atomic mass is 9.94. The summed E-state index contributed by atoms with van der Waals surface area (Å²) in [5.74, 6) is 0. The molecule has 4 rings (SSSR count). The molecular weight excluding hydrogens is 292 g/mol. The van der Waals surface area contributed by atoms with E-state index in [0.29, 0.717) is 6.04 Å². The van der Waals surface area contributed by atoms with Crippen LogP contribution in [0.3, 0.4) is 0 Å². The molecule has 3 aromatic carbocycles. The Morgan fingerprint density at radius 3 is 2.67 bits per heavy atom. The van der Waals surface area contributed by atoms with Crippen molar-refractivity contribution in [1.82, 2.24) is 4.90 Å². The van der Waals surface area contributed by atoms with E-state index in [9.17, 15) is 0 Å². The molecule has 3 aromatic rings. The molecule has 0 amide bonds. The Morgan fingerprint density at radius 1 is 0.958 bits per heavy atom. The Bertz CT molecular complexity index is 863. The summed E-state index contributed by atoms with van der Waals surface area (Å²) < 4.78 is 0. The molecule has 1 heterocycles. The number of nitrogens with zero attached hydrogens (tertiary/aromatic N) is 1. The summed E-state index contributed by atoms with van der Waals surface area (Å²) in [4.78, 5) is 2.60. The zero-order chi connectivity index (χ0) is 16.5. The first-order valence-electron chi connectivity index (χ1n) is 8.77. The SMILES string of the molecule is CNc1ccc2c(c1)CN(C(C)c1cccc3ccccc13)CC2. The van der Waals surface area contributed by atoms with Crippen LogP contribution in [0.25, 0.3) is 10.8 Å². The number of benzene rings is 3. The highest BCUT2D eigenvalue weighted by Crippen LogP contribution is 2.32. The third kappa shape index (κ3) is 2.67. The quantitative estimate of drug-likeness (QED) is 0.731. The van der Waals surface area contributed by atoms with Gasteiger partial charge in [-0.25, -0.2) is 0 Å². The predicted octanol–water partition coefficient (Wildman–Crippen LogP) is 5.00. The van der Waals surface area contributed by atoms with Crippen molar-refractivity contribution >= 4 is 16.5 Å². The van der Waals surface area contributed by atoms with Gasteiger partial charge in [-0.05, 0) is 52.9 Å². The lowest BCUT2D eigenvalue weighted by Gasteiger charge is -2.34. The maximum absolute atomic E-state index is 3.26. The molecule has 0 fully saturated rings. The molecule has 2 heteroatoms. The van der Waals surface area contributed by atoms with Gasteiger partial charge in [0.05, 0.1) is 0 Å². The third-order valence-corrected chi connectivity index (χ3v) is 5.36. The molecule has 24 heavy (non-hydrogen) atoms. The molecule has 0 bridgehead atoms. The molecule has 0 saturated heterocycles. The first-order valence-corrected chi connectivity index (χ1v) is 8.77. The van der Waals surface area contributed by atoms with Crippen molar-refractivity contribution in [3.05, 3.63) is 77.4 Å². The normalized spacial score (nSPS) is 15.9. The average Bonchev–Trinajstić information content (AvgIpc) is 2.66. The largest absolute Gasteiger partial charge is 0.388 e. The number of hydrogen-bond acceptors (Lipinski definition) is 2. The van der Waals surface area contributed by atoms with Gasteiger partial charge in [0.1, 0.15) is 0 Å². The van der Waals surface area contributed by atoms with Gasteiger partial charge in [0.2, 0.25) is 0 Å². The van der Waals surface area contributed by atoms with Gasteiger partial charge in [-0.2, -0.15) is 0 Å². The van der Waals surface area contributed by atoms with E-state index in [2.05, 4.69) is 77.8 Å². The van der Waals surface area contributed by atoms with Crippen molar-refractivity contribution in [1.29, 1.82) is 0 Å². The smallest absolute Gasteiger partial charge is 0.0341 e. The van der Waals surface area contributed by atoms with Gasteiger partial charge >= 0.3 is 0 Å². The third-order valence-electron chi connectivity index (χ3n) is 5.36. The van der Waals surface area contributed by atoms with Crippen molar-refractivity contribution in [2.24, 2.45) is 0 Å². The highest BCUT2D eigenvalue weighted by atomic mass is 15.2. The fourth-order valence-corrected chi connectivity index (χ4v) is 3.88. The number of fused-ring (bicyclic) bond motifs is 2.